The summed E-state index contributed by atoms with van der Waals surface area (Å²) in [5, 5.41) is 14.1. The van der Waals surface area contributed by atoms with E-state index in [1.165, 1.54) is 0 Å². The molecule has 3 rings (SSSR count). The number of para-hydroxylation sites is 2. The van der Waals surface area contributed by atoms with Gasteiger partial charge in [-0.2, -0.15) is 0 Å². The highest BCUT2D eigenvalue weighted by Gasteiger charge is 2.27. The van der Waals surface area contributed by atoms with Gasteiger partial charge in [0.2, 0.25) is 0 Å². The minimum atomic E-state index is 0.0463. The summed E-state index contributed by atoms with van der Waals surface area (Å²) in [7, 11) is 0. The first-order valence-corrected chi connectivity index (χ1v) is 5.91. The van der Waals surface area contributed by atoms with Gasteiger partial charge >= 0.3 is 0 Å². The number of benzene rings is 1. The first-order chi connectivity index (χ1) is 8.90. The third-order valence-electron chi connectivity index (χ3n) is 3.09. The second-order valence-electron chi connectivity index (χ2n) is 4.10. The van der Waals surface area contributed by atoms with Crippen LogP contribution in [-0.4, -0.2) is 33.8 Å². The molecule has 1 N–H and O–H groups in total. The Labute approximate surface area is 105 Å². The lowest BCUT2D eigenvalue weighted by molar-refractivity contribution is 0.299. The summed E-state index contributed by atoms with van der Waals surface area (Å²) in [5.74, 6) is 1.64. The molecule has 1 aliphatic rings. The Kier molecular flexibility index (Phi) is 2.84. The van der Waals surface area contributed by atoms with Crippen molar-refractivity contribution in [3.05, 3.63) is 37.0 Å². The van der Waals surface area contributed by atoms with Crippen molar-refractivity contribution < 1.29 is 4.74 Å². The Balaban J connectivity index is 1.97. The Bertz CT molecular complexity index is 513. The molecule has 2 heterocycles. The lowest BCUT2D eigenvalue weighted by atomic mass is 10.1. The van der Waals surface area contributed by atoms with Gasteiger partial charge in [0.15, 0.2) is 5.82 Å². The smallest absolute Gasteiger partial charge is 0.171 e. The van der Waals surface area contributed by atoms with Crippen molar-refractivity contribution in [1.82, 2.24) is 20.6 Å². The summed E-state index contributed by atoms with van der Waals surface area (Å²) in [4.78, 5) is 2.23. The number of ether oxygens (including phenoxy) is 1. The van der Waals surface area contributed by atoms with Gasteiger partial charge in [-0.05, 0) is 29.0 Å². The predicted molar refractivity (Wildman–Crippen MR) is 66.2 cm³/mol. The highest BCUT2D eigenvalue weighted by Crippen LogP contribution is 2.36. The highest BCUT2D eigenvalue weighted by molar-refractivity contribution is 5.60. The van der Waals surface area contributed by atoms with Crippen molar-refractivity contribution in [1.29, 1.82) is 0 Å². The standard InChI is InChI=1S/C12H14N5O/c1-2-9(12-13-15-16-14-12)17-7-8-18-11-6-4-3-5-10(11)17/h3-6,9H,1-2,7-8H2,(H,13,14,15,16). The summed E-state index contributed by atoms with van der Waals surface area (Å²) in [5.41, 5.74) is 1.06. The Morgan fingerprint density at radius 3 is 3.11 bits per heavy atom. The first-order valence-electron chi connectivity index (χ1n) is 5.91. The van der Waals surface area contributed by atoms with Crippen LogP contribution < -0.4 is 9.64 Å². The highest BCUT2D eigenvalue weighted by atomic mass is 16.5. The Hall–Kier alpha value is -2.11. The van der Waals surface area contributed by atoms with Crippen LogP contribution in [0.4, 0.5) is 5.69 Å². The summed E-state index contributed by atoms with van der Waals surface area (Å²) in [6, 6.07) is 8.03. The zero-order valence-corrected chi connectivity index (χ0v) is 9.91. The SMILES string of the molecule is [CH2]CC(c1nnn[nH]1)N1CCOc2ccccc21. The number of hydrogen-bond donors (Lipinski definition) is 1. The van der Waals surface area contributed by atoms with Crippen LogP contribution in [-0.2, 0) is 0 Å². The molecule has 0 fully saturated rings. The van der Waals surface area contributed by atoms with E-state index in [0.29, 0.717) is 13.0 Å². The summed E-state index contributed by atoms with van der Waals surface area (Å²) in [6.07, 6.45) is 0.686. The quantitative estimate of drug-likeness (QED) is 0.883. The van der Waals surface area contributed by atoms with Crippen LogP contribution >= 0.6 is 0 Å². The number of aromatic amines is 1. The van der Waals surface area contributed by atoms with Crippen molar-refractivity contribution in [2.24, 2.45) is 0 Å². The summed E-state index contributed by atoms with van der Waals surface area (Å²) in [6.45, 7) is 5.46. The molecule has 0 saturated carbocycles. The van der Waals surface area contributed by atoms with Gasteiger partial charge in [0.25, 0.3) is 0 Å². The molecule has 1 aromatic carbocycles. The van der Waals surface area contributed by atoms with Crippen molar-refractivity contribution >= 4 is 5.69 Å². The molecule has 1 aliphatic heterocycles. The number of tetrazole rings is 1. The van der Waals surface area contributed by atoms with Crippen molar-refractivity contribution in [2.45, 2.75) is 12.5 Å². The van der Waals surface area contributed by atoms with E-state index in [-0.39, 0.29) is 6.04 Å². The molecular formula is C12H14N5O. The molecule has 93 valence electrons. The molecule has 1 radical (unpaired) electrons. The third-order valence-corrected chi connectivity index (χ3v) is 3.09. The second-order valence-corrected chi connectivity index (χ2v) is 4.10. The van der Waals surface area contributed by atoms with Gasteiger partial charge in [0.05, 0.1) is 18.3 Å². The number of aromatic nitrogens is 4. The van der Waals surface area contributed by atoms with E-state index in [0.717, 1.165) is 23.8 Å². The molecule has 0 saturated heterocycles. The number of fused-ring (bicyclic) bond motifs is 1. The maximum Gasteiger partial charge on any atom is 0.171 e. The van der Waals surface area contributed by atoms with E-state index >= 15 is 0 Å². The van der Waals surface area contributed by atoms with Crippen molar-refractivity contribution in [3.8, 4) is 5.75 Å². The monoisotopic (exact) mass is 244 g/mol. The van der Waals surface area contributed by atoms with Gasteiger partial charge in [-0.25, -0.2) is 5.10 Å². The molecule has 18 heavy (non-hydrogen) atoms. The fourth-order valence-electron chi connectivity index (χ4n) is 2.26. The van der Waals surface area contributed by atoms with Crippen LogP contribution in [0.2, 0.25) is 0 Å². The van der Waals surface area contributed by atoms with Crippen molar-refractivity contribution in [2.75, 3.05) is 18.1 Å². The topological polar surface area (TPSA) is 66.9 Å². The van der Waals surface area contributed by atoms with Gasteiger partial charge in [0.1, 0.15) is 12.4 Å². The minimum absolute atomic E-state index is 0.0463. The Morgan fingerprint density at radius 2 is 2.33 bits per heavy atom. The van der Waals surface area contributed by atoms with E-state index in [1.807, 2.05) is 24.3 Å². The molecule has 0 amide bonds. The number of nitrogens with zero attached hydrogens (tertiary/aromatic N) is 4. The van der Waals surface area contributed by atoms with Gasteiger partial charge in [-0.1, -0.05) is 19.1 Å². The number of rotatable bonds is 3. The molecule has 1 unspecified atom stereocenters. The van der Waals surface area contributed by atoms with Crippen LogP contribution in [0.15, 0.2) is 24.3 Å². The molecular weight excluding hydrogens is 230 g/mol. The maximum atomic E-state index is 5.64. The van der Waals surface area contributed by atoms with Crippen molar-refractivity contribution in [3.63, 3.8) is 0 Å². The molecule has 0 spiro atoms. The normalized spacial score (nSPS) is 15.9. The van der Waals surface area contributed by atoms with E-state index in [4.69, 9.17) is 4.74 Å². The fraction of sp³-hybridized carbons (Fsp3) is 0.333. The van der Waals surface area contributed by atoms with E-state index in [1.54, 1.807) is 0 Å². The predicted octanol–water partition coefficient (Wildman–Crippen LogP) is 1.36. The van der Waals surface area contributed by atoms with Gasteiger partial charge in [-0.3, -0.25) is 0 Å². The maximum absolute atomic E-state index is 5.64. The summed E-state index contributed by atoms with van der Waals surface area (Å²) < 4.78 is 5.64. The van der Waals surface area contributed by atoms with Gasteiger partial charge in [0, 0.05) is 0 Å². The molecule has 2 aromatic rings. The van der Waals surface area contributed by atoms with Gasteiger partial charge in [-0.15, -0.1) is 5.10 Å². The zero-order valence-electron chi connectivity index (χ0n) is 9.91. The van der Waals surface area contributed by atoms with Gasteiger partial charge < -0.3 is 9.64 Å². The van der Waals surface area contributed by atoms with Crippen LogP contribution in [0.25, 0.3) is 0 Å². The average Bonchev–Trinajstić information content (AvgIpc) is 2.94. The molecule has 6 heteroatoms. The van der Waals surface area contributed by atoms with Crippen LogP contribution in [0, 0.1) is 6.92 Å². The number of H-pyrrole nitrogens is 1. The van der Waals surface area contributed by atoms with Crippen LogP contribution in [0.3, 0.4) is 0 Å². The summed E-state index contributed by atoms with van der Waals surface area (Å²) >= 11 is 0. The van der Waals surface area contributed by atoms with Crippen LogP contribution in [0.1, 0.15) is 18.3 Å². The van der Waals surface area contributed by atoms with E-state index in [2.05, 4.69) is 32.4 Å². The Morgan fingerprint density at radius 1 is 1.44 bits per heavy atom. The third kappa shape index (κ3) is 1.79. The fourth-order valence-corrected chi connectivity index (χ4v) is 2.26. The largest absolute Gasteiger partial charge is 0.490 e. The second kappa shape index (κ2) is 4.64. The molecule has 6 nitrogen and oxygen atoms in total. The molecule has 1 aromatic heterocycles. The molecule has 0 aliphatic carbocycles. The molecule has 1 atom stereocenters. The average molecular weight is 244 g/mol. The first kappa shape index (κ1) is 11.0. The lowest BCUT2D eigenvalue weighted by Crippen LogP contribution is -2.36. The number of nitrogens with one attached hydrogen (secondary N) is 1. The van der Waals surface area contributed by atoms with Crippen LogP contribution in [0.5, 0.6) is 5.75 Å². The van der Waals surface area contributed by atoms with E-state index < -0.39 is 0 Å². The number of anilines is 1. The number of hydrogen-bond acceptors (Lipinski definition) is 5. The molecule has 0 bridgehead atoms. The lowest BCUT2D eigenvalue weighted by Gasteiger charge is -2.35. The zero-order chi connectivity index (χ0) is 12.4. The minimum Gasteiger partial charge on any atom is -0.490 e. The van der Waals surface area contributed by atoms with E-state index in [9.17, 15) is 0 Å².